The van der Waals surface area contributed by atoms with Gasteiger partial charge in [-0.05, 0) is 123 Å². The predicted octanol–water partition coefficient (Wildman–Crippen LogP) is 13.0. The number of fused-ring (bicyclic) bond motifs is 15. The molecule has 7 aromatic rings. The number of aromatic nitrogens is 3. The molecule has 0 radical (unpaired) electrons. The van der Waals surface area contributed by atoms with Crippen molar-refractivity contribution in [3.63, 3.8) is 0 Å². The van der Waals surface area contributed by atoms with Gasteiger partial charge in [0.25, 0.3) is 0 Å². The normalized spacial score (nSPS) is 26.1. The van der Waals surface area contributed by atoms with Crippen LogP contribution in [0.15, 0.2) is 60.9 Å². The Morgan fingerprint density at radius 1 is 0.731 bits per heavy atom. The lowest BCUT2D eigenvalue weighted by atomic mass is 9.37. The Bertz CT molecular complexity index is 2710. The minimum atomic E-state index is -0.154. The summed E-state index contributed by atoms with van der Waals surface area (Å²) in [6.07, 6.45) is 10.1. The van der Waals surface area contributed by atoms with Crippen LogP contribution >= 0.6 is 0 Å². The average molecular weight is 680 g/mol. The zero-order valence-corrected chi connectivity index (χ0v) is 32.0. The van der Waals surface area contributed by atoms with Crippen molar-refractivity contribution < 1.29 is 0 Å². The van der Waals surface area contributed by atoms with Crippen LogP contribution in [0.5, 0.6) is 0 Å². The molecule has 4 aromatic heterocycles. The third-order valence-electron chi connectivity index (χ3n) is 15.6. The van der Waals surface area contributed by atoms with Gasteiger partial charge < -0.3 is 4.40 Å². The molecule has 5 atom stereocenters. The summed E-state index contributed by atoms with van der Waals surface area (Å²) in [5, 5.41) is 5.66. The van der Waals surface area contributed by atoms with Gasteiger partial charge in [0, 0.05) is 44.1 Å². The number of hydrogen-bond acceptors (Lipinski definition) is 2. The largest absolute Gasteiger partial charge is 0.305 e. The van der Waals surface area contributed by atoms with Crippen molar-refractivity contribution in [3.05, 3.63) is 100 Å². The monoisotopic (exact) mass is 679 g/mol. The number of nitrogens with zero attached hydrogens (tertiary/aromatic N) is 3. The smallest absolute Gasteiger partial charge is 0.0732 e. The first-order valence-electron chi connectivity index (χ1n) is 20.3. The zero-order valence-electron chi connectivity index (χ0n) is 32.0. The van der Waals surface area contributed by atoms with Crippen LogP contribution < -0.4 is 0 Å². The van der Waals surface area contributed by atoms with Crippen molar-refractivity contribution in [2.45, 2.75) is 116 Å². The molecule has 12 rings (SSSR count). The lowest BCUT2D eigenvalue weighted by molar-refractivity contribution is -0.147. The van der Waals surface area contributed by atoms with Crippen molar-refractivity contribution in [2.24, 2.45) is 17.3 Å². The summed E-state index contributed by atoms with van der Waals surface area (Å²) in [5.74, 6) is 4.49. The molecule has 0 N–H and O–H groups in total. The molecule has 0 saturated heterocycles. The number of rotatable bonds is 4. The molecule has 5 aliphatic rings. The SMILES string of the molecule is CC(C)c1cc(C(C)C)c(-c2cc3c4c5c(ncc4n4c6cnc7c(c6c(c2)c34)C2CC3CC4CC7C34C2)C(C)(C)c2ccccc2-5)c(C(C)C)c1. The molecule has 0 aliphatic heterocycles. The van der Waals surface area contributed by atoms with Crippen LogP contribution in [0.25, 0.3) is 60.3 Å². The quantitative estimate of drug-likeness (QED) is 0.185. The number of pyridine rings is 2. The van der Waals surface area contributed by atoms with Gasteiger partial charge in [0.2, 0.25) is 0 Å². The third kappa shape index (κ3) is 3.26. The highest BCUT2D eigenvalue weighted by atomic mass is 15.0. The van der Waals surface area contributed by atoms with Gasteiger partial charge in [-0.3, -0.25) is 9.97 Å². The van der Waals surface area contributed by atoms with E-state index in [0.717, 1.165) is 11.8 Å². The van der Waals surface area contributed by atoms with Gasteiger partial charge in [-0.15, -0.1) is 0 Å². The van der Waals surface area contributed by atoms with Crippen LogP contribution in [0.2, 0.25) is 0 Å². The molecule has 5 aliphatic carbocycles. The lowest BCUT2D eigenvalue weighted by Gasteiger charge is -2.67. The standard InChI is InChI=1S/C49H49N3/c1-23(2)26-14-32(24(3)4)40(33(15-26)25(5)6)27-16-34-42-38(21-50-45-37-19-30-18-29-13-28(41(42)45)20-49(29,30)37)52-39-22-51-47-44(43(39)35(17-27)46(34)52)31-11-9-10-12-36(31)48(47,7)8/h9-12,14-17,21-25,28-30,37H,13,18-20H2,1-8H3. The van der Waals surface area contributed by atoms with Crippen LogP contribution in [0.1, 0.15) is 150 Å². The summed E-state index contributed by atoms with van der Waals surface area (Å²) in [4.78, 5) is 10.9. The molecule has 260 valence electrons. The summed E-state index contributed by atoms with van der Waals surface area (Å²) in [5.41, 5.74) is 19.9. The van der Waals surface area contributed by atoms with Gasteiger partial charge in [0.15, 0.2) is 0 Å². The molecular formula is C49H49N3. The number of benzene rings is 3. The maximum absolute atomic E-state index is 5.49. The second-order valence-corrected chi connectivity index (χ2v) is 19.2. The molecule has 1 spiro atoms. The molecule has 2 bridgehead atoms. The van der Waals surface area contributed by atoms with E-state index in [9.17, 15) is 0 Å². The Hall–Kier alpha value is -4.24. The van der Waals surface area contributed by atoms with E-state index in [1.807, 2.05) is 0 Å². The molecule has 0 amide bonds. The van der Waals surface area contributed by atoms with E-state index in [0.29, 0.717) is 35.0 Å². The Labute approximate surface area is 307 Å². The minimum absolute atomic E-state index is 0.154. The van der Waals surface area contributed by atoms with Gasteiger partial charge in [0.05, 0.1) is 34.6 Å². The van der Waals surface area contributed by atoms with Crippen molar-refractivity contribution in [1.29, 1.82) is 0 Å². The second-order valence-electron chi connectivity index (χ2n) is 19.2. The Kier molecular flexibility index (Phi) is 5.50. The molecule has 3 fully saturated rings. The first-order chi connectivity index (χ1) is 25.0. The second kappa shape index (κ2) is 9.46. The highest BCUT2D eigenvalue weighted by molar-refractivity contribution is 6.28. The van der Waals surface area contributed by atoms with Crippen LogP contribution in [-0.2, 0) is 5.41 Å². The summed E-state index contributed by atoms with van der Waals surface area (Å²) < 4.78 is 2.58. The Morgan fingerprint density at radius 2 is 1.40 bits per heavy atom. The molecular weight excluding hydrogens is 631 g/mol. The van der Waals surface area contributed by atoms with E-state index in [-0.39, 0.29) is 5.41 Å². The van der Waals surface area contributed by atoms with Crippen LogP contribution in [0.3, 0.4) is 0 Å². The Morgan fingerprint density at radius 3 is 2.12 bits per heavy atom. The highest BCUT2D eigenvalue weighted by Gasteiger charge is 2.72. The van der Waals surface area contributed by atoms with E-state index in [2.05, 4.69) is 121 Å². The molecule has 3 heteroatoms. The van der Waals surface area contributed by atoms with E-state index in [1.165, 1.54) is 120 Å². The lowest BCUT2D eigenvalue weighted by Crippen LogP contribution is -2.59. The van der Waals surface area contributed by atoms with Gasteiger partial charge in [-0.2, -0.15) is 0 Å². The van der Waals surface area contributed by atoms with Gasteiger partial charge in [-0.1, -0.05) is 91.8 Å². The summed E-state index contributed by atoms with van der Waals surface area (Å²) in [6, 6.07) is 19.3. The van der Waals surface area contributed by atoms with Crippen LogP contribution in [0.4, 0.5) is 0 Å². The topological polar surface area (TPSA) is 30.2 Å². The number of hydrogen-bond donors (Lipinski definition) is 0. The van der Waals surface area contributed by atoms with E-state index < -0.39 is 0 Å². The molecule has 5 unspecified atom stereocenters. The van der Waals surface area contributed by atoms with Gasteiger partial charge in [-0.25, -0.2) is 0 Å². The maximum atomic E-state index is 5.49. The van der Waals surface area contributed by atoms with Gasteiger partial charge >= 0.3 is 0 Å². The van der Waals surface area contributed by atoms with Crippen molar-refractivity contribution in [1.82, 2.24) is 14.4 Å². The fraction of sp³-hybridized carbons (Fsp3) is 0.429. The zero-order chi connectivity index (χ0) is 35.3. The van der Waals surface area contributed by atoms with Crippen LogP contribution in [-0.4, -0.2) is 14.4 Å². The van der Waals surface area contributed by atoms with Crippen LogP contribution in [0, 0.1) is 17.3 Å². The average Bonchev–Trinajstić information content (AvgIpc) is 3.83. The van der Waals surface area contributed by atoms with E-state index >= 15 is 0 Å². The summed E-state index contributed by atoms with van der Waals surface area (Å²) in [7, 11) is 0. The molecule has 3 saturated carbocycles. The van der Waals surface area contributed by atoms with Gasteiger partial charge in [0.1, 0.15) is 0 Å². The molecule has 3 aromatic carbocycles. The third-order valence-corrected chi connectivity index (χ3v) is 15.6. The fourth-order valence-electron chi connectivity index (χ4n) is 13.2. The predicted molar refractivity (Wildman–Crippen MR) is 215 cm³/mol. The van der Waals surface area contributed by atoms with Crippen molar-refractivity contribution in [2.75, 3.05) is 0 Å². The minimum Gasteiger partial charge on any atom is -0.305 e. The first kappa shape index (κ1) is 30.2. The maximum Gasteiger partial charge on any atom is 0.0732 e. The summed E-state index contributed by atoms with van der Waals surface area (Å²) >= 11 is 0. The highest BCUT2D eigenvalue weighted by Crippen LogP contribution is 2.82. The fourth-order valence-corrected chi connectivity index (χ4v) is 13.2. The summed E-state index contributed by atoms with van der Waals surface area (Å²) in [6.45, 7) is 19.0. The van der Waals surface area contributed by atoms with E-state index in [4.69, 9.17) is 9.97 Å². The molecule has 3 nitrogen and oxygen atoms in total. The Balaban J connectivity index is 1.27. The van der Waals surface area contributed by atoms with Crippen molar-refractivity contribution >= 4 is 38.1 Å². The van der Waals surface area contributed by atoms with Crippen molar-refractivity contribution in [3.8, 4) is 22.3 Å². The van der Waals surface area contributed by atoms with E-state index in [1.54, 1.807) is 5.56 Å². The molecule has 52 heavy (non-hydrogen) atoms. The molecule has 4 heterocycles. The first-order valence-corrected chi connectivity index (χ1v) is 20.3.